The fourth-order valence-electron chi connectivity index (χ4n) is 5.22. The minimum Gasteiger partial charge on any atom is -0.392 e. The SMILES string of the molecule is OCc1cccc(-c2nc(N3CCOCC3)c3ncn(C4CCN(Cc5ccc(F)nc5)CC4)c3n2)c1. The third kappa shape index (κ3) is 5.04. The maximum absolute atomic E-state index is 13.2. The van der Waals surface area contributed by atoms with Gasteiger partial charge in [-0.25, -0.2) is 19.9 Å². The van der Waals surface area contributed by atoms with Crippen molar-refractivity contribution in [1.82, 2.24) is 29.4 Å². The van der Waals surface area contributed by atoms with Crippen LogP contribution in [-0.2, 0) is 17.9 Å². The van der Waals surface area contributed by atoms with E-state index in [1.54, 1.807) is 12.3 Å². The van der Waals surface area contributed by atoms with Crippen LogP contribution in [0.5, 0.6) is 0 Å². The number of fused-ring (bicyclic) bond motifs is 1. The molecule has 0 spiro atoms. The van der Waals surface area contributed by atoms with Gasteiger partial charge in [-0.3, -0.25) is 4.90 Å². The first kappa shape index (κ1) is 23.9. The number of likely N-dealkylation sites (tertiary alicyclic amines) is 1. The lowest BCUT2D eigenvalue weighted by molar-refractivity contribution is 0.122. The number of anilines is 1. The number of rotatable bonds is 6. The summed E-state index contributed by atoms with van der Waals surface area (Å²) in [5.41, 5.74) is 4.36. The molecule has 0 radical (unpaired) electrons. The van der Waals surface area contributed by atoms with Crippen molar-refractivity contribution < 1.29 is 14.2 Å². The summed E-state index contributed by atoms with van der Waals surface area (Å²) in [6.45, 7) is 5.41. The van der Waals surface area contributed by atoms with Crippen LogP contribution >= 0.6 is 0 Å². The Hall–Kier alpha value is -3.47. The molecule has 37 heavy (non-hydrogen) atoms. The van der Waals surface area contributed by atoms with Crippen LogP contribution in [0.1, 0.15) is 30.0 Å². The average Bonchev–Trinajstić information content (AvgIpc) is 3.39. The van der Waals surface area contributed by atoms with E-state index in [4.69, 9.17) is 19.7 Å². The van der Waals surface area contributed by atoms with Crippen LogP contribution in [0.15, 0.2) is 48.9 Å². The second-order valence-electron chi connectivity index (χ2n) is 9.65. The fraction of sp³-hybridized carbons (Fsp3) is 0.407. The Morgan fingerprint density at radius 2 is 1.81 bits per heavy atom. The lowest BCUT2D eigenvalue weighted by Crippen LogP contribution is -2.37. The number of aliphatic hydroxyl groups excluding tert-OH is 1. The van der Waals surface area contributed by atoms with E-state index in [0.29, 0.717) is 19.0 Å². The van der Waals surface area contributed by atoms with E-state index >= 15 is 0 Å². The van der Waals surface area contributed by atoms with Crippen molar-refractivity contribution in [2.24, 2.45) is 0 Å². The number of aromatic nitrogens is 5. The maximum atomic E-state index is 13.2. The van der Waals surface area contributed by atoms with Crippen LogP contribution in [0.2, 0.25) is 0 Å². The Kier molecular flexibility index (Phi) is 6.77. The summed E-state index contributed by atoms with van der Waals surface area (Å²) in [6.07, 6.45) is 5.45. The topological polar surface area (TPSA) is 92.4 Å². The molecule has 192 valence electrons. The zero-order valence-electron chi connectivity index (χ0n) is 20.6. The van der Waals surface area contributed by atoms with Crippen molar-refractivity contribution in [2.45, 2.75) is 32.0 Å². The molecule has 0 bridgehead atoms. The van der Waals surface area contributed by atoms with Gasteiger partial charge >= 0.3 is 0 Å². The van der Waals surface area contributed by atoms with Gasteiger partial charge in [-0.05, 0) is 36.1 Å². The van der Waals surface area contributed by atoms with Gasteiger partial charge in [0, 0.05) is 50.5 Å². The highest BCUT2D eigenvalue weighted by atomic mass is 19.1. The van der Waals surface area contributed by atoms with E-state index in [1.165, 1.54) is 6.07 Å². The second kappa shape index (κ2) is 10.5. The van der Waals surface area contributed by atoms with Crippen LogP contribution in [0.4, 0.5) is 10.2 Å². The van der Waals surface area contributed by atoms with Gasteiger partial charge in [0.25, 0.3) is 0 Å². The van der Waals surface area contributed by atoms with E-state index in [9.17, 15) is 9.50 Å². The van der Waals surface area contributed by atoms with Gasteiger partial charge < -0.3 is 19.3 Å². The van der Waals surface area contributed by atoms with E-state index in [-0.39, 0.29) is 12.6 Å². The fourth-order valence-corrected chi connectivity index (χ4v) is 5.22. The number of hydrogen-bond donors (Lipinski definition) is 1. The summed E-state index contributed by atoms with van der Waals surface area (Å²) in [4.78, 5) is 23.1. The molecule has 0 unspecified atom stereocenters. The predicted molar refractivity (Wildman–Crippen MR) is 137 cm³/mol. The van der Waals surface area contributed by atoms with Crippen molar-refractivity contribution in [1.29, 1.82) is 0 Å². The lowest BCUT2D eigenvalue weighted by atomic mass is 10.0. The smallest absolute Gasteiger partial charge is 0.212 e. The van der Waals surface area contributed by atoms with Crippen molar-refractivity contribution in [3.05, 3.63) is 66.0 Å². The van der Waals surface area contributed by atoms with Crippen LogP contribution in [0.3, 0.4) is 0 Å². The van der Waals surface area contributed by atoms with E-state index in [0.717, 1.165) is 79.2 Å². The number of pyridine rings is 1. The zero-order chi connectivity index (χ0) is 25.2. The first-order valence-corrected chi connectivity index (χ1v) is 12.8. The van der Waals surface area contributed by atoms with Crippen LogP contribution < -0.4 is 4.90 Å². The molecule has 2 fully saturated rings. The van der Waals surface area contributed by atoms with Gasteiger partial charge in [-0.2, -0.15) is 4.39 Å². The molecule has 10 heteroatoms. The lowest BCUT2D eigenvalue weighted by Gasteiger charge is -2.32. The van der Waals surface area contributed by atoms with Crippen molar-refractivity contribution >= 4 is 17.0 Å². The minimum absolute atomic E-state index is 0.0309. The van der Waals surface area contributed by atoms with Crippen molar-refractivity contribution in [2.75, 3.05) is 44.3 Å². The number of aliphatic hydroxyl groups is 1. The number of halogens is 1. The standard InChI is InChI=1S/C27H30FN7O2/c28-23-5-4-20(15-29-23)16-33-8-6-22(7-9-33)35-18-30-24-26(34-10-12-37-13-11-34)31-25(32-27(24)35)21-3-1-2-19(14-21)17-36/h1-5,14-15,18,22,36H,6-13,16-17H2. The van der Waals surface area contributed by atoms with Gasteiger partial charge in [-0.15, -0.1) is 0 Å². The number of morpholine rings is 1. The third-order valence-corrected chi connectivity index (χ3v) is 7.23. The molecule has 4 aromatic rings. The Labute approximate surface area is 214 Å². The highest BCUT2D eigenvalue weighted by Crippen LogP contribution is 2.32. The summed E-state index contributed by atoms with van der Waals surface area (Å²) in [7, 11) is 0. The van der Waals surface area contributed by atoms with Gasteiger partial charge in [0.15, 0.2) is 22.8 Å². The molecule has 1 N–H and O–H groups in total. The molecular formula is C27H30FN7O2. The highest BCUT2D eigenvalue weighted by Gasteiger charge is 2.26. The molecule has 2 aliphatic heterocycles. The van der Waals surface area contributed by atoms with Gasteiger partial charge in [0.2, 0.25) is 5.95 Å². The molecule has 5 heterocycles. The molecular weight excluding hydrogens is 473 g/mol. The summed E-state index contributed by atoms with van der Waals surface area (Å²) in [6, 6.07) is 11.2. The molecule has 3 aromatic heterocycles. The van der Waals surface area contributed by atoms with Gasteiger partial charge in [0.05, 0.1) is 26.1 Å². The quantitative estimate of drug-likeness (QED) is 0.401. The molecule has 9 nitrogen and oxygen atoms in total. The van der Waals surface area contributed by atoms with Crippen LogP contribution in [0, 0.1) is 5.95 Å². The summed E-state index contributed by atoms with van der Waals surface area (Å²) < 4.78 is 20.9. The van der Waals surface area contributed by atoms with Gasteiger partial charge in [0.1, 0.15) is 0 Å². The Morgan fingerprint density at radius 1 is 0.973 bits per heavy atom. The number of nitrogens with zero attached hydrogens (tertiary/aromatic N) is 7. The number of benzene rings is 1. The van der Waals surface area contributed by atoms with Crippen molar-refractivity contribution in [3.63, 3.8) is 0 Å². The highest BCUT2D eigenvalue weighted by molar-refractivity contribution is 5.86. The normalized spacial score (nSPS) is 17.5. The van der Waals surface area contributed by atoms with Crippen LogP contribution in [-0.4, -0.2) is 73.9 Å². The first-order chi connectivity index (χ1) is 18.2. The van der Waals surface area contributed by atoms with E-state index < -0.39 is 5.95 Å². The Morgan fingerprint density at radius 3 is 2.57 bits per heavy atom. The predicted octanol–water partition coefficient (Wildman–Crippen LogP) is 3.19. The average molecular weight is 504 g/mol. The molecule has 0 aliphatic carbocycles. The van der Waals surface area contributed by atoms with E-state index in [1.807, 2.05) is 30.6 Å². The van der Waals surface area contributed by atoms with Crippen LogP contribution in [0.25, 0.3) is 22.6 Å². The number of imidazole rings is 1. The monoisotopic (exact) mass is 503 g/mol. The van der Waals surface area contributed by atoms with Gasteiger partial charge in [-0.1, -0.05) is 24.3 Å². The molecule has 2 saturated heterocycles. The molecule has 2 aliphatic rings. The molecule has 0 saturated carbocycles. The molecule has 6 rings (SSSR count). The Balaban J connectivity index is 1.30. The zero-order valence-corrected chi connectivity index (χ0v) is 20.6. The van der Waals surface area contributed by atoms with E-state index in [2.05, 4.69) is 19.4 Å². The second-order valence-corrected chi connectivity index (χ2v) is 9.65. The largest absolute Gasteiger partial charge is 0.392 e. The minimum atomic E-state index is -0.449. The number of piperidine rings is 1. The number of ether oxygens (including phenoxy) is 1. The molecule has 0 atom stereocenters. The maximum Gasteiger partial charge on any atom is 0.212 e. The number of hydrogen-bond acceptors (Lipinski definition) is 8. The molecule has 1 aromatic carbocycles. The first-order valence-electron chi connectivity index (χ1n) is 12.8. The molecule has 0 amide bonds. The third-order valence-electron chi connectivity index (χ3n) is 7.23. The summed E-state index contributed by atoms with van der Waals surface area (Å²) in [5.74, 6) is 1.01. The van der Waals surface area contributed by atoms with Crippen molar-refractivity contribution in [3.8, 4) is 11.4 Å². The summed E-state index contributed by atoms with van der Waals surface area (Å²) >= 11 is 0. The Bertz CT molecular complexity index is 1360. The summed E-state index contributed by atoms with van der Waals surface area (Å²) in [5, 5.41) is 9.65.